The van der Waals surface area contributed by atoms with Gasteiger partial charge in [-0.2, -0.15) is 0 Å². The first kappa shape index (κ1) is 32.4. The summed E-state index contributed by atoms with van der Waals surface area (Å²) in [6, 6.07) is 17.5. The highest BCUT2D eigenvalue weighted by atomic mass is 35.5. The number of carbonyl (C=O) groups is 2. The molecule has 0 heterocycles. The van der Waals surface area contributed by atoms with Gasteiger partial charge in [0.1, 0.15) is 12.6 Å². The Hall–Kier alpha value is -3.07. The number of anilines is 1. The van der Waals surface area contributed by atoms with Gasteiger partial charge in [-0.05, 0) is 75.6 Å². The average Bonchev–Trinajstić information content (AvgIpc) is 2.94. The molecule has 220 valence electrons. The number of amides is 2. The standard InChI is InChI=1S/C31H37Cl2N3O4S/c1-6-23(5)34-31(38)29(7-2)35(19-24-12-17-27(32)28(33)18-24)30(37)20-36(25-13-8-21(3)9-14-25)41(39,40)26-15-10-22(4)11-16-26/h8-18,23,29H,6-7,19-20H2,1-5H3,(H,34,38)/t23-,29+/m1/s1. The molecule has 0 aliphatic rings. The molecule has 0 bridgehead atoms. The van der Waals surface area contributed by atoms with Crippen LogP contribution in [-0.4, -0.2) is 43.8 Å². The van der Waals surface area contributed by atoms with Crippen molar-refractivity contribution in [3.8, 4) is 0 Å². The molecule has 0 aromatic heterocycles. The zero-order valence-corrected chi connectivity index (χ0v) is 26.4. The predicted octanol–water partition coefficient (Wildman–Crippen LogP) is 6.53. The van der Waals surface area contributed by atoms with Crippen LogP contribution < -0.4 is 9.62 Å². The zero-order valence-electron chi connectivity index (χ0n) is 24.0. The maximum Gasteiger partial charge on any atom is 0.264 e. The van der Waals surface area contributed by atoms with Gasteiger partial charge < -0.3 is 10.2 Å². The van der Waals surface area contributed by atoms with Crippen LogP contribution in [0.5, 0.6) is 0 Å². The van der Waals surface area contributed by atoms with E-state index < -0.39 is 28.5 Å². The number of sulfonamides is 1. The summed E-state index contributed by atoms with van der Waals surface area (Å²) in [4.78, 5) is 29.0. The van der Waals surface area contributed by atoms with Crippen LogP contribution in [-0.2, 0) is 26.2 Å². The number of halogens is 2. The average molecular weight is 619 g/mol. The molecule has 2 amide bonds. The van der Waals surface area contributed by atoms with Crippen molar-refractivity contribution in [3.63, 3.8) is 0 Å². The predicted molar refractivity (Wildman–Crippen MR) is 166 cm³/mol. The molecule has 3 aromatic rings. The Balaban J connectivity index is 2.07. The van der Waals surface area contributed by atoms with Gasteiger partial charge in [-0.3, -0.25) is 13.9 Å². The zero-order chi connectivity index (χ0) is 30.3. The minimum Gasteiger partial charge on any atom is -0.352 e. The van der Waals surface area contributed by atoms with E-state index in [0.717, 1.165) is 21.9 Å². The van der Waals surface area contributed by atoms with Crippen LogP contribution in [0.3, 0.4) is 0 Å². The van der Waals surface area contributed by atoms with Crippen LogP contribution in [0.25, 0.3) is 0 Å². The molecular weight excluding hydrogens is 581 g/mol. The van der Waals surface area contributed by atoms with Crippen molar-refractivity contribution in [1.82, 2.24) is 10.2 Å². The van der Waals surface area contributed by atoms with Crippen molar-refractivity contribution in [2.45, 2.75) is 71.0 Å². The lowest BCUT2D eigenvalue weighted by molar-refractivity contribution is -0.140. The smallest absolute Gasteiger partial charge is 0.264 e. The van der Waals surface area contributed by atoms with Crippen molar-refractivity contribution in [1.29, 1.82) is 0 Å². The summed E-state index contributed by atoms with van der Waals surface area (Å²) < 4.78 is 29.0. The summed E-state index contributed by atoms with van der Waals surface area (Å²) in [6.45, 7) is 8.96. The van der Waals surface area contributed by atoms with E-state index in [1.165, 1.54) is 17.0 Å². The molecular formula is C31H37Cl2N3O4S. The summed E-state index contributed by atoms with van der Waals surface area (Å²) in [5.41, 5.74) is 2.86. The summed E-state index contributed by atoms with van der Waals surface area (Å²) in [6.07, 6.45) is 1.05. The maximum atomic E-state index is 14.1. The Bertz CT molecular complexity index is 1460. The van der Waals surface area contributed by atoms with Gasteiger partial charge in [0.2, 0.25) is 11.8 Å². The second kappa shape index (κ2) is 14.2. The molecule has 3 rings (SSSR count). The molecule has 0 radical (unpaired) electrons. The molecule has 0 aliphatic heterocycles. The Kier molecular flexibility index (Phi) is 11.2. The van der Waals surface area contributed by atoms with Gasteiger partial charge in [-0.1, -0.05) is 78.5 Å². The quantitative estimate of drug-likeness (QED) is 0.250. The lowest BCUT2D eigenvalue weighted by Crippen LogP contribution is -2.53. The topological polar surface area (TPSA) is 86.8 Å². The van der Waals surface area contributed by atoms with Gasteiger partial charge in [0.25, 0.3) is 10.0 Å². The summed E-state index contributed by atoms with van der Waals surface area (Å²) in [7, 11) is -4.13. The van der Waals surface area contributed by atoms with Crippen molar-refractivity contribution >= 4 is 50.7 Å². The maximum absolute atomic E-state index is 14.1. The third-order valence-electron chi connectivity index (χ3n) is 6.93. The second-order valence-electron chi connectivity index (χ2n) is 10.2. The number of carbonyl (C=O) groups excluding carboxylic acids is 2. The Morgan fingerprint density at radius 1 is 0.854 bits per heavy atom. The molecule has 0 saturated heterocycles. The van der Waals surface area contributed by atoms with E-state index in [1.54, 1.807) is 54.6 Å². The van der Waals surface area contributed by atoms with E-state index >= 15 is 0 Å². The number of rotatable bonds is 12. The minimum atomic E-state index is -4.13. The van der Waals surface area contributed by atoms with Gasteiger partial charge in [0.05, 0.1) is 20.6 Å². The molecule has 41 heavy (non-hydrogen) atoms. The lowest BCUT2D eigenvalue weighted by Gasteiger charge is -2.33. The minimum absolute atomic E-state index is 0.0362. The highest BCUT2D eigenvalue weighted by Crippen LogP contribution is 2.27. The normalized spacial score (nSPS) is 12.9. The fourth-order valence-corrected chi connectivity index (χ4v) is 6.01. The van der Waals surface area contributed by atoms with Crippen LogP contribution in [0.4, 0.5) is 5.69 Å². The fourth-order valence-electron chi connectivity index (χ4n) is 4.27. The first-order valence-corrected chi connectivity index (χ1v) is 15.8. The molecule has 0 unspecified atom stereocenters. The monoisotopic (exact) mass is 617 g/mol. The van der Waals surface area contributed by atoms with E-state index in [4.69, 9.17) is 23.2 Å². The SMILES string of the molecule is CC[C@@H](C)NC(=O)[C@H](CC)N(Cc1ccc(Cl)c(Cl)c1)C(=O)CN(c1ccc(C)cc1)S(=O)(=O)c1ccc(C)cc1. The van der Waals surface area contributed by atoms with Crippen molar-refractivity contribution in [3.05, 3.63) is 93.5 Å². The lowest BCUT2D eigenvalue weighted by atomic mass is 10.1. The van der Waals surface area contributed by atoms with Crippen LogP contribution in [0, 0.1) is 13.8 Å². The molecule has 7 nitrogen and oxygen atoms in total. The number of benzene rings is 3. The summed E-state index contributed by atoms with van der Waals surface area (Å²) in [5, 5.41) is 3.64. The summed E-state index contributed by atoms with van der Waals surface area (Å²) in [5.74, 6) is -0.836. The van der Waals surface area contributed by atoms with E-state index in [0.29, 0.717) is 27.7 Å². The van der Waals surface area contributed by atoms with E-state index in [-0.39, 0.29) is 23.4 Å². The van der Waals surface area contributed by atoms with E-state index in [9.17, 15) is 18.0 Å². The molecule has 0 fully saturated rings. The number of nitrogens with zero attached hydrogens (tertiary/aromatic N) is 2. The number of aryl methyl sites for hydroxylation is 2. The number of hydrogen-bond acceptors (Lipinski definition) is 4. The Morgan fingerprint density at radius 2 is 1.44 bits per heavy atom. The molecule has 2 atom stereocenters. The first-order chi connectivity index (χ1) is 19.4. The van der Waals surface area contributed by atoms with Crippen LogP contribution >= 0.6 is 23.2 Å². The Morgan fingerprint density at radius 3 is 1.98 bits per heavy atom. The van der Waals surface area contributed by atoms with E-state index in [1.807, 2.05) is 34.6 Å². The van der Waals surface area contributed by atoms with Crippen LogP contribution in [0.1, 0.15) is 50.3 Å². The molecule has 0 saturated carbocycles. The largest absolute Gasteiger partial charge is 0.352 e. The van der Waals surface area contributed by atoms with E-state index in [2.05, 4.69) is 5.32 Å². The number of nitrogens with one attached hydrogen (secondary N) is 1. The highest BCUT2D eigenvalue weighted by Gasteiger charge is 2.34. The van der Waals surface area contributed by atoms with Gasteiger partial charge in [0, 0.05) is 12.6 Å². The first-order valence-electron chi connectivity index (χ1n) is 13.6. The Labute approximate surface area is 253 Å². The molecule has 3 aromatic carbocycles. The highest BCUT2D eigenvalue weighted by molar-refractivity contribution is 7.92. The molecule has 0 spiro atoms. The van der Waals surface area contributed by atoms with Crippen molar-refractivity contribution < 1.29 is 18.0 Å². The van der Waals surface area contributed by atoms with Gasteiger partial charge in [-0.15, -0.1) is 0 Å². The fraction of sp³-hybridized carbons (Fsp3) is 0.355. The van der Waals surface area contributed by atoms with Crippen molar-refractivity contribution in [2.24, 2.45) is 0 Å². The van der Waals surface area contributed by atoms with Gasteiger partial charge >= 0.3 is 0 Å². The van der Waals surface area contributed by atoms with Crippen LogP contribution in [0.15, 0.2) is 71.6 Å². The van der Waals surface area contributed by atoms with Crippen molar-refractivity contribution in [2.75, 3.05) is 10.8 Å². The summed E-state index contributed by atoms with van der Waals surface area (Å²) >= 11 is 12.4. The second-order valence-corrected chi connectivity index (χ2v) is 12.8. The van der Waals surface area contributed by atoms with Gasteiger partial charge in [0.15, 0.2) is 0 Å². The number of hydrogen-bond donors (Lipinski definition) is 1. The molecule has 0 aliphatic carbocycles. The molecule has 10 heteroatoms. The third-order valence-corrected chi connectivity index (χ3v) is 9.46. The van der Waals surface area contributed by atoms with Crippen LogP contribution in [0.2, 0.25) is 10.0 Å². The molecule has 1 N–H and O–H groups in total. The third kappa shape index (κ3) is 8.24. The van der Waals surface area contributed by atoms with Gasteiger partial charge in [-0.25, -0.2) is 8.42 Å².